The van der Waals surface area contributed by atoms with Gasteiger partial charge in [-0.1, -0.05) is 0 Å². The minimum absolute atomic E-state index is 0.306. The van der Waals surface area contributed by atoms with Gasteiger partial charge in [-0.05, 0) is 41.1 Å². The Kier molecular flexibility index (Phi) is 3.96. The molecule has 4 nitrogen and oxygen atoms in total. The van der Waals surface area contributed by atoms with Gasteiger partial charge in [0.05, 0.1) is 10.0 Å². The summed E-state index contributed by atoms with van der Waals surface area (Å²) in [7, 11) is -1.87. The average molecular weight is 350 g/mol. The summed E-state index contributed by atoms with van der Waals surface area (Å²) in [5, 5.41) is 0. The van der Waals surface area contributed by atoms with Gasteiger partial charge in [0.25, 0.3) is 10.0 Å². The maximum Gasteiger partial charge on any atom is 0.252 e. The van der Waals surface area contributed by atoms with Crippen molar-refractivity contribution in [2.75, 3.05) is 7.05 Å². The van der Waals surface area contributed by atoms with E-state index in [2.05, 4.69) is 15.9 Å². The molecule has 0 amide bonds. The fourth-order valence-corrected chi connectivity index (χ4v) is 4.86. The highest BCUT2D eigenvalue weighted by molar-refractivity contribution is 9.11. The Balaban J connectivity index is 2.23. The molecule has 0 N–H and O–H groups in total. The van der Waals surface area contributed by atoms with Crippen LogP contribution in [0.1, 0.15) is 11.3 Å². The van der Waals surface area contributed by atoms with Crippen molar-refractivity contribution in [1.29, 1.82) is 0 Å². The van der Waals surface area contributed by atoms with Crippen molar-refractivity contribution in [2.24, 2.45) is 0 Å². The molecular weight excluding hydrogens is 338 g/mol. The minimum Gasteiger partial charge on any atom is -0.469 e. The second-order valence-electron chi connectivity index (χ2n) is 3.82. The van der Waals surface area contributed by atoms with Gasteiger partial charge in [0.15, 0.2) is 0 Å². The third-order valence-corrected chi connectivity index (χ3v) is 6.47. The van der Waals surface area contributed by atoms with E-state index in [9.17, 15) is 8.42 Å². The van der Waals surface area contributed by atoms with Crippen molar-refractivity contribution >= 4 is 37.3 Å². The molecule has 0 aliphatic heterocycles. The van der Waals surface area contributed by atoms with E-state index in [0.29, 0.717) is 10.8 Å². The Morgan fingerprint density at radius 2 is 2.11 bits per heavy atom. The van der Waals surface area contributed by atoms with E-state index >= 15 is 0 Å². The maximum atomic E-state index is 12.3. The molecule has 0 aliphatic rings. The normalized spacial score (nSPS) is 12.2. The largest absolute Gasteiger partial charge is 0.469 e. The highest BCUT2D eigenvalue weighted by Gasteiger charge is 2.23. The molecule has 0 bridgehead atoms. The third kappa shape index (κ3) is 2.69. The van der Waals surface area contributed by atoms with E-state index in [4.69, 9.17) is 4.42 Å². The van der Waals surface area contributed by atoms with Crippen molar-refractivity contribution in [3.05, 3.63) is 39.6 Å². The summed E-state index contributed by atoms with van der Waals surface area (Å²) < 4.78 is 32.2. The van der Waals surface area contributed by atoms with Crippen molar-refractivity contribution in [3.8, 4) is 0 Å². The van der Waals surface area contributed by atoms with E-state index in [0.717, 1.165) is 15.1 Å². The number of hydrogen-bond acceptors (Lipinski definition) is 4. The van der Waals surface area contributed by atoms with Crippen LogP contribution < -0.4 is 0 Å². The molecule has 0 spiro atoms. The molecular formula is C11H12BrNO3S2. The Hall–Kier alpha value is -0.630. The van der Waals surface area contributed by atoms with Crippen LogP contribution in [0.3, 0.4) is 0 Å². The molecule has 0 fully saturated rings. The van der Waals surface area contributed by atoms with Crippen LogP contribution in [0, 0.1) is 6.92 Å². The lowest BCUT2D eigenvalue weighted by Crippen LogP contribution is -2.25. The predicted octanol–water partition coefficient (Wildman–Crippen LogP) is 3.23. The number of furan rings is 1. The second kappa shape index (κ2) is 5.16. The molecule has 0 aliphatic carbocycles. The molecule has 0 unspecified atom stereocenters. The van der Waals surface area contributed by atoms with Crippen LogP contribution in [0.5, 0.6) is 0 Å². The smallest absolute Gasteiger partial charge is 0.252 e. The molecule has 0 aromatic carbocycles. The first-order chi connectivity index (χ1) is 8.41. The number of nitrogens with zero attached hydrogens (tertiary/aromatic N) is 1. The standard InChI is InChI=1S/C11H12BrNO3S2/c1-8-9(5-6-16-8)7-13(2)18(14,15)11-4-3-10(12)17-11/h3-6H,7H2,1-2H3. The molecule has 0 saturated carbocycles. The summed E-state index contributed by atoms with van der Waals surface area (Å²) >= 11 is 4.47. The molecule has 0 atom stereocenters. The summed E-state index contributed by atoms with van der Waals surface area (Å²) in [5.74, 6) is 0.740. The molecule has 0 radical (unpaired) electrons. The molecule has 18 heavy (non-hydrogen) atoms. The first-order valence-corrected chi connectivity index (χ1v) is 8.21. The first-order valence-electron chi connectivity index (χ1n) is 5.16. The number of hydrogen-bond donors (Lipinski definition) is 0. The lowest BCUT2D eigenvalue weighted by Gasteiger charge is -2.15. The van der Waals surface area contributed by atoms with Gasteiger partial charge in [0.2, 0.25) is 0 Å². The van der Waals surface area contributed by atoms with Gasteiger partial charge in [0.1, 0.15) is 9.97 Å². The molecule has 2 aromatic heterocycles. The fourth-order valence-electron chi connectivity index (χ4n) is 1.49. The molecule has 0 saturated heterocycles. The molecule has 2 rings (SSSR count). The molecule has 98 valence electrons. The number of aryl methyl sites for hydroxylation is 1. The Morgan fingerprint density at radius 3 is 2.61 bits per heavy atom. The summed E-state index contributed by atoms with van der Waals surface area (Å²) in [5.41, 5.74) is 0.872. The minimum atomic E-state index is -3.43. The van der Waals surface area contributed by atoms with Crippen LogP contribution in [0.4, 0.5) is 0 Å². The van der Waals surface area contributed by atoms with Crippen LogP contribution in [-0.2, 0) is 16.6 Å². The van der Waals surface area contributed by atoms with Crippen LogP contribution in [0.2, 0.25) is 0 Å². The van der Waals surface area contributed by atoms with Crippen molar-refractivity contribution in [1.82, 2.24) is 4.31 Å². The van der Waals surface area contributed by atoms with Crippen LogP contribution in [0.15, 0.2) is 36.9 Å². The van der Waals surface area contributed by atoms with Gasteiger partial charge in [-0.15, -0.1) is 11.3 Å². The van der Waals surface area contributed by atoms with Crippen LogP contribution in [-0.4, -0.2) is 19.8 Å². The zero-order valence-corrected chi connectivity index (χ0v) is 13.1. The maximum absolute atomic E-state index is 12.3. The van der Waals surface area contributed by atoms with Gasteiger partial charge in [-0.2, -0.15) is 4.31 Å². The Bertz CT molecular complexity index is 645. The highest BCUT2D eigenvalue weighted by atomic mass is 79.9. The Morgan fingerprint density at radius 1 is 1.39 bits per heavy atom. The quantitative estimate of drug-likeness (QED) is 0.851. The summed E-state index contributed by atoms with van der Waals surface area (Å²) in [4.78, 5) is 0. The number of rotatable bonds is 4. The van der Waals surface area contributed by atoms with Gasteiger partial charge < -0.3 is 4.42 Å². The monoisotopic (exact) mass is 349 g/mol. The van der Waals surface area contributed by atoms with Gasteiger partial charge >= 0.3 is 0 Å². The Labute approximate surface area is 118 Å². The highest BCUT2D eigenvalue weighted by Crippen LogP contribution is 2.28. The number of sulfonamides is 1. The topological polar surface area (TPSA) is 50.5 Å². The lowest BCUT2D eigenvalue weighted by molar-refractivity contribution is 0.460. The van der Waals surface area contributed by atoms with Crippen LogP contribution >= 0.6 is 27.3 Å². The summed E-state index contributed by atoms with van der Waals surface area (Å²) in [6.45, 7) is 2.12. The van der Waals surface area contributed by atoms with E-state index in [-0.39, 0.29) is 0 Å². The SMILES string of the molecule is Cc1occc1CN(C)S(=O)(=O)c1ccc(Br)s1. The number of thiophene rings is 1. The predicted molar refractivity (Wildman–Crippen MR) is 74.1 cm³/mol. The van der Waals surface area contributed by atoms with Crippen molar-refractivity contribution < 1.29 is 12.8 Å². The summed E-state index contributed by atoms with van der Waals surface area (Å²) in [6.07, 6.45) is 1.56. The van der Waals surface area contributed by atoms with E-state index in [1.165, 1.54) is 15.6 Å². The van der Waals surface area contributed by atoms with E-state index < -0.39 is 10.0 Å². The number of halogens is 1. The zero-order chi connectivity index (χ0) is 13.3. The second-order valence-corrected chi connectivity index (χ2v) is 8.56. The average Bonchev–Trinajstić information content (AvgIpc) is 2.89. The van der Waals surface area contributed by atoms with Crippen molar-refractivity contribution in [2.45, 2.75) is 17.7 Å². The summed E-state index contributed by atoms with van der Waals surface area (Å²) in [6, 6.07) is 5.11. The molecule has 2 heterocycles. The molecule has 2 aromatic rings. The fraction of sp³-hybridized carbons (Fsp3) is 0.273. The van der Waals surface area contributed by atoms with Gasteiger partial charge in [0, 0.05) is 19.2 Å². The van der Waals surface area contributed by atoms with E-state index in [1.807, 2.05) is 6.92 Å². The van der Waals surface area contributed by atoms with Crippen molar-refractivity contribution in [3.63, 3.8) is 0 Å². The van der Waals surface area contributed by atoms with Gasteiger partial charge in [-0.3, -0.25) is 0 Å². The third-order valence-electron chi connectivity index (χ3n) is 2.57. The zero-order valence-electron chi connectivity index (χ0n) is 9.88. The molecule has 7 heteroatoms. The lowest BCUT2D eigenvalue weighted by atomic mass is 10.3. The van der Waals surface area contributed by atoms with E-state index in [1.54, 1.807) is 31.5 Å². The van der Waals surface area contributed by atoms with Gasteiger partial charge in [-0.25, -0.2) is 8.42 Å². The first kappa shape index (κ1) is 13.8. The van der Waals surface area contributed by atoms with Crippen LogP contribution in [0.25, 0.3) is 0 Å².